The Morgan fingerprint density at radius 1 is 0.607 bits per heavy atom. The van der Waals surface area contributed by atoms with Crippen LogP contribution in [-0.2, 0) is 0 Å². The Morgan fingerprint density at radius 2 is 1.18 bits per heavy atom. The summed E-state index contributed by atoms with van der Waals surface area (Å²) in [7, 11) is 0. The summed E-state index contributed by atoms with van der Waals surface area (Å²) >= 11 is -0.112. The van der Waals surface area contributed by atoms with Gasteiger partial charge in [-0.05, 0) is 0 Å². The number of ketones is 2. The minimum atomic E-state index is -0.113. The number of carbonyl (C=O) groups excluding carboxylic acids is 2. The number of aromatic amines is 1. The minimum absolute atomic E-state index is 0.0727. The van der Waals surface area contributed by atoms with Gasteiger partial charge in [0.1, 0.15) is 0 Å². The molecule has 3 nitrogen and oxygen atoms in total. The van der Waals surface area contributed by atoms with Crippen LogP contribution in [0, 0.1) is 0 Å². The van der Waals surface area contributed by atoms with Crippen molar-refractivity contribution in [2.75, 3.05) is 0 Å². The maximum atomic E-state index is 13.3. The van der Waals surface area contributed by atoms with Crippen LogP contribution in [-0.4, -0.2) is 31.5 Å². The first kappa shape index (κ1) is 16.9. The Morgan fingerprint density at radius 3 is 1.86 bits per heavy atom. The molecule has 0 radical (unpaired) electrons. The summed E-state index contributed by atoms with van der Waals surface area (Å²) in [5.74, 6) is -0.186. The SMILES string of the molecule is O=C1c2ccccc2C(=O)c2c1[nH]c(-c1ccccc1)c2[Se]c1ccccc1. The standard InChI is InChI=1S/C24H15NO2Se/c26-22-17-13-7-8-14-18(17)23(27)21-19(22)24(28-16-11-5-2-6-12-16)20(25-21)15-9-3-1-4-10-15/h1-14,25H. The Hall–Kier alpha value is -3.20. The van der Waals surface area contributed by atoms with E-state index in [1.807, 2.05) is 54.6 Å². The van der Waals surface area contributed by atoms with Gasteiger partial charge in [-0.25, -0.2) is 0 Å². The molecule has 1 N–H and O–H groups in total. The second kappa shape index (κ2) is 6.75. The number of fused-ring (bicyclic) bond motifs is 2. The van der Waals surface area contributed by atoms with Crippen LogP contribution < -0.4 is 8.92 Å². The molecule has 0 atom stereocenters. The van der Waals surface area contributed by atoms with Crippen molar-refractivity contribution >= 4 is 35.4 Å². The van der Waals surface area contributed by atoms with Crippen LogP contribution in [0.1, 0.15) is 32.0 Å². The molecular formula is C24H15NO2Se. The van der Waals surface area contributed by atoms with Crippen molar-refractivity contribution < 1.29 is 9.59 Å². The Kier molecular flexibility index (Phi) is 4.08. The van der Waals surface area contributed by atoms with Gasteiger partial charge in [0.15, 0.2) is 0 Å². The predicted molar refractivity (Wildman–Crippen MR) is 111 cm³/mol. The van der Waals surface area contributed by atoms with Crippen molar-refractivity contribution in [3.8, 4) is 11.3 Å². The molecule has 0 bridgehead atoms. The number of hydrogen-bond donors (Lipinski definition) is 1. The Bertz CT molecular complexity index is 1210. The summed E-state index contributed by atoms with van der Waals surface area (Å²) in [6, 6.07) is 27.1. The second-order valence-corrected chi connectivity index (χ2v) is 8.84. The molecule has 0 spiro atoms. The molecule has 4 heteroatoms. The number of rotatable bonds is 3. The van der Waals surface area contributed by atoms with Gasteiger partial charge in [0.2, 0.25) is 0 Å². The van der Waals surface area contributed by atoms with E-state index in [-0.39, 0.29) is 26.5 Å². The molecule has 5 rings (SSSR count). The van der Waals surface area contributed by atoms with Gasteiger partial charge >= 0.3 is 169 Å². The summed E-state index contributed by atoms with van der Waals surface area (Å²) in [6.07, 6.45) is 0. The fourth-order valence-corrected chi connectivity index (χ4v) is 5.84. The molecule has 1 heterocycles. The van der Waals surface area contributed by atoms with Crippen LogP contribution in [0.2, 0.25) is 0 Å². The van der Waals surface area contributed by atoms with Crippen LogP contribution in [0.5, 0.6) is 0 Å². The number of H-pyrrole nitrogens is 1. The predicted octanol–water partition coefficient (Wildman–Crippen LogP) is 3.11. The molecule has 4 aromatic rings. The van der Waals surface area contributed by atoms with Crippen molar-refractivity contribution in [1.82, 2.24) is 4.98 Å². The van der Waals surface area contributed by atoms with Gasteiger partial charge in [-0.3, -0.25) is 0 Å². The topological polar surface area (TPSA) is 49.9 Å². The molecule has 0 amide bonds. The third-order valence-corrected chi connectivity index (χ3v) is 7.20. The maximum absolute atomic E-state index is 13.3. The molecular weight excluding hydrogens is 413 g/mol. The first-order chi connectivity index (χ1) is 13.7. The number of hydrogen-bond acceptors (Lipinski definition) is 2. The van der Waals surface area contributed by atoms with Crippen molar-refractivity contribution in [2.45, 2.75) is 0 Å². The Labute approximate surface area is 168 Å². The van der Waals surface area contributed by atoms with Crippen molar-refractivity contribution in [3.63, 3.8) is 0 Å². The normalized spacial score (nSPS) is 12.6. The summed E-state index contributed by atoms with van der Waals surface area (Å²) in [5, 5.41) is 0. The molecule has 134 valence electrons. The van der Waals surface area contributed by atoms with Crippen molar-refractivity contribution in [3.05, 3.63) is 107 Å². The van der Waals surface area contributed by atoms with E-state index in [4.69, 9.17) is 0 Å². The molecule has 0 aliphatic heterocycles. The van der Waals surface area contributed by atoms with Gasteiger partial charge < -0.3 is 0 Å². The van der Waals surface area contributed by atoms with E-state index in [0.29, 0.717) is 22.4 Å². The fraction of sp³-hybridized carbons (Fsp3) is 0. The van der Waals surface area contributed by atoms with Crippen LogP contribution >= 0.6 is 0 Å². The number of nitrogens with one attached hydrogen (secondary N) is 1. The summed E-state index contributed by atoms with van der Waals surface area (Å²) < 4.78 is 2.10. The van der Waals surface area contributed by atoms with E-state index in [2.05, 4.69) is 17.1 Å². The molecule has 1 aliphatic rings. The van der Waals surface area contributed by atoms with Gasteiger partial charge in [-0.1, -0.05) is 0 Å². The molecule has 3 aromatic carbocycles. The van der Waals surface area contributed by atoms with Gasteiger partial charge in [-0.2, -0.15) is 0 Å². The van der Waals surface area contributed by atoms with Gasteiger partial charge in [0, 0.05) is 0 Å². The second-order valence-electron chi connectivity index (χ2n) is 6.56. The fourth-order valence-electron chi connectivity index (χ4n) is 3.53. The molecule has 0 saturated carbocycles. The molecule has 1 aliphatic carbocycles. The first-order valence-electron chi connectivity index (χ1n) is 8.97. The molecule has 28 heavy (non-hydrogen) atoms. The van der Waals surface area contributed by atoms with E-state index >= 15 is 0 Å². The van der Waals surface area contributed by atoms with Crippen LogP contribution in [0.25, 0.3) is 11.3 Å². The monoisotopic (exact) mass is 429 g/mol. The summed E-state index contributed by atoms with van der Waals surface area (Å²) in [4.78, 5) is 29.8. The van der Waals surface area contributed by atoms with Crippen molar-refractivity contribution in [2.24, 2.45) is 0 Å². The van der Waals surface area contributed by atoms with Gasteiger partial charge in [-0.15, -0.1) is 0 Å². The average molecular weight is 428 g/mol. The van der Waals surface area contributed by atoms with E-state index in [0.717, 1.165) is 20.2 Å². The van der Waals surface area contributed by atoms with Crippen LogP contribution in [0.4, 0.5) is 0 Å². The summed E-state index contributed by atoms with van der Waals surface area (Å²) in [5.41, 5.74) is 3.75. The van der Waals surface area contributed by atoms with E-state index in [1.54, 1.807) is 18.2 Å². The average Bonchev–Trinajstić information content (AvgIpc) is 3.13. The number of benzene rings is 3. The number of aromatic nitrogens is 1. The molecule has 0 fully saturated rings. The molecule has 0 saturated heterocycles. The van der Waals surface area contributed by atoms with Crippen LogP contribution in [0.3, 0.4) is 0 Å². The van der Waals surface area contributed by atoms with Crippen LogP contribution in [0.15, 0.2) is 84.9 Å². The zero-order valence-corrected chi connectivity index (χ0v) is 16.5. The number of carbonyl (C=O) groups is 2. The van der Waals surface area contributed by atoms with E-state index < -0.39 is 0 Å². The Balaban J connectivity index is 1.76. The zero-order valence-electron chi connectivity index (χ0n) is 14.8. The summed E-state index contributed by atoms with van der Waals surface area (Å²) in [6.45, 7) is 0. The quantitative estimate of drug-likeness (QED) is 0.449. The first-order valence-corrected chi connectivity index (χ1v) is 10.7. The third kappa shape index (κ3) is 2.66. The van der Waals surface area contributed by atoms with Gasteiger partial charge in [0.05, 0.1) is 0 Å². The third-order valence-electron chi connectivity index (χ3n) is 4.85. The zero-order chi connectivity index (χ0) is 19.1. The molecule has 1 aromatic heterocycles. The molecule has 0 unspecified atom stereocenters. The van der Waals surface area contributed by atoms with Crippen molar-refractivity contribution in [1.29, 1.82) is 0 Å². The van der Waals surface area contributed by atoms with E-state index in [9.17, 15) is 9.59 Å². The van der Waals surface area contributed by atoms with Gasteiger partial charge in [0.25, 0.3) is 0 Å². The van der Waals surface area contributed by atoms with E-state index in [1.165, 1.54) is 0 Å².